The highest BCUT2D eigenvalue weighted by atomic mass is 79.9. The Balaban J connectivity index is 2.02. The molecule has 1 aromatic carbocycles. The van der Waals surface area contributed by atoms with Gasteiger partial charge in [-0.2, -0.15) is 0 Å². The molecule has 4 heteroatoms. The molecule has 94 valence electrons. The quantitative estimate of drug-likeness (QED) is 0.879. The lowest BCUT2D eigenvalue weighted by molar-refractivity contribution is 0.180. The molecule has 1 fully saturated rings. The van der Waals surface area contributed by atoms with E-state index in [4.69, 9.17) is 15.6 Å². The van der Waals surface area contributed by atoms with Crippen molar-refractivity contribution in [3.63, 3.8) is 0 Å². The maximum absolute atomic E-state index is 9.05. The SMILES string of the molecule is NC(CO)c1cc(Br)cc(OCC2CCC2)c1. The molecule has 0 radical (unpaired) electrons. The number of hydrogen-bond acceptors (Lipinski definition) is 3. The smallest absolute Gasteiger partial charge is 0.120 e. The molecule has 3 N–H and O–H groups in total. The third kappa shape index (κ3) is 3.44. The maximum Gasteiger partial charge on any atom is 0.120 e. The van der Waals surface area contributed by atoms with E-state index in [-0.39, 0.29) is 12.6 Å². The number of nitrogens with two attached hydrogens (primary N) is 1. The summed E-state index contributed by atoms with van der Waals surface area (Å²) in [5.74, 6) is 1.54. The van der Waals surface area contributed by atoms with Gasteiger partial charge in [0.15, 0.2) is 0 Å². The largest absolute Gasteiger partial charge is 0.493 e. The van der Waals surface area contributed by atoms with E-state index in [0.717, 1.165) is 22.4 Å². The van der Waals surface area contributed by atoms with Crippen molar-refractivity contribution in [2.24, 2.45) is 11.7 Å². The van der Waals surface area contributed by atoms with Crippen molar-refractivity contribution in [3.8, 4) is 5.75 Å². The Kier molecular flexibility index (Phi) is 4.42. The van der Waals surface area contributed by atoms with Gasteiger partial charge in [-0.25, -0.2) is 0 Å². The van der Waals surface area contributed by atoms with Gasteiger partial charge in [-0.1, -0.05) is 22.4 Å². The van der Waals surface area contributed by atoms with Gasteiger partial charge in [-0.05, 0) is 42.5 Å². The van der Waals surface area contributed by atoms with Crippen LogP contribution in [-0.2, 0) is 0 Å². The van der Waals surface area contributed by atoms with E-state index in [1.54, 1.807) is 0 Å². The fourth-order valence-corrected chi connectivity index (χ4v) is 2.35. The second kappa shape index (κ2) is 5.85. The molecule has 0 heterocycles. The molecule has 1 unspecified atom stereocenters. The van der Waals surface area contributed by atoms with Gasteiger partial charge in [0, 0.05) is 4.47 Å². The summed E-state index contributed by atoms with van der Waals surface area (Å²) >= 11 is 3.43. The number of rotatable bonds is 5. The minimum absolute atomic E-state index is 0.0570. The van der Waals surface area contributed by atoms with Crippen molar-refractivity contribution in [2.75, 3.05) is 13.2 Å². The number of halogens is 1. The number of aliphatic hydroxyl groups excluding tert-OH is 1. The van der Waals surface area contributed by atoms with Crippen LogP contribution in [0.1, 0.15) is 30.9 Å². The predicted molar refractivity (Wildman–Crippen MR) is 71.0 cm³/mol. The summed E-state index contributed by atoms with van der Waals surface area (Å²) in [6.45, 7) is 0.725. The normalized spacial score (nSPS) is 17.6. The van der Waals surface area contributed by atoms with Gasteiger partial charge in [-0.15, -0.1) is 0 Å². The fourth-order valence-electron chi connectivity index (χ4n) is 1.86. The Morgan fingerprint density at radius 1 is 1.41 bits per heavy atom. The molecule has 0 spiro atoms. The van der Waals surface area contributed by atoms with Crippen molar-refractivity contribution >= 4 is 15.9 Å². The average Bonchev–Trinajstić information content (AvgIpc) is 2.25. The highest BCUT2D eigenvalue weighted by Gasteiger charge is 2.18. The highest BCUT2D eigenvalue weighted by molar-refractivity contribution is 9.10. The van der Waals surface area contributed by atoms with Crippen molar-refractivity contribution in [1.29, 1.82) is 0 Å². The molecule has 17 heavy (non-hydrogen) atoms. The van der Waals surface area contributed by atoms with E-state index < -0.39 is 0 Å². The van der Waals surface area contributed by atoms with Gasteiger partial charge in [0.1, 0.15) is 5.75 Å². The topological polar surface area (TPSA) is 55.5 Å². The van der Waals surface area contributed by atoms with Crippen LogP contribution in [0.3, 0.4) is 0 Å². The van der Waals surface area contributed by atoms with Crippen LogP contribution in [0.4, 0.5) is 0 Å². The molecule has 0 amide bonds. The number of hydrogen-bond donors (Lipinski definition) is 2. The monoisotopic (exact) mass is 299 g/mol. The Morgan fingerprint density at radius 3 is 2.76 bits per heavy atom. The van der Waals surface area contributed by atoms with Gasteiger partial charge in [0.25, 0.3) is 0 Å². The Labute approximate surface area is 110 Å². The van der Waals surface area contributed by atoms with E-state index in [0.29, 0.717) is 5.92 Å². The van der Waals surface area contributed by atoms with E-state index in [1.807, 2.05) is 18.2 Å². The molecular formula is C13H18BrNO2. The standard InChI is InChI=1S/C13H18BrNO2/c14-11-4-10(13(15)7-16)5-12(6-11)17-8-9-2-1-3-9/h4-6,9,13,16H,1-3,7-8,15H2. The van der Waals surface area contributed by atoms with Crippen molar-refractivity contribution in [3.05, 3.63) is 28.2 Å². The van der Waals surface area contributed by atoms with Crippen LogP contribution in [0.25, 0.3) is 0 Å². The molecule has 0 aromatic heterocycles. The molecule has 1 saturated carbocycles. The maximum atomic E-state index is 9.05. The van der Waals surface area contributed by atoms with E-state index in [9.17, 15) is 0 Å². The van der Waals surface area contributed by atoms with Crippen LogP contribution in [0.5, 0.6) is 5.75 Å². The van der Waals surface area contributed by atoms with Crippen LogP contribution in [0.2, 0.25) is 0 Å². The molecule has 1 aliphatic rings. The minimum atomic E-state index is -0.349. The zero-order valence-electron chi connectivity index (χ0n) is 9.73. The fraction of sp³-hybridized carbons (Fsp3) is 0.538. The Morgan fingerprint density at radius 2 is 2.18 bits per heavy atom. The third-order valence-electron chi connectivity index (χ3n) is 3.23. The Bertz CT molecular complexity index is 380. The second-order valence-corrected chi connectivity index (χ2v) is 5.53. The van der Waals surface area contributed by atoms with Crippen molar-refractivity contribution in [1.82, 2.24) is 0 Å². The van der Waals surface area contributed by atoms with Gasteiger partial charge < -0.3 is 15.6 Å². The minimum Gasteiger partial charge on any atom is -0.493 e. The number of benzene rings is 1. The van der Waals surface area contributed by atoms with Crippen LogP contribution >= 0.6 is 15.9 Å². The summed E-state index contributed by atoms with van der Waals surface area (Å²) in [6, 6.07) is 5.41. The first-order valence-corrected chi connectivity index (χ1v) is 6.78. The molecule has 2 rings (SSSR count). The van der Waals surface area contributed by atoms with Crippen LogP contribution in [-0.4, -0.2) is 18.3 Å². The van der Waals surface area contributed by atoms with Gasteiger partial charge >= 0.3 is 0 Å². The summed E-state index contributed by atoms with van der Waals surface area (Å²) in [5, 5.41) is 9.05. The summed E-state index contributed by atoms with van der Waals surface area (Å²) < 4.78 is 6.69. The summed E-state index contributed by atoms with van der Waals surface area (Å²) in [5.41, 5.74) is 6.69. The van der Waals surface area contributed by atoms with Crippen LogP contribution in [0.15, 0.2) is 22.7 Å². The number of aliphatic hydroxyl groups is 1. The molecule has 1 aromatic rings. The summed E-state index contributed by atoms with van der Waals surface area (Å²) in [6.07, 6.45) is 3.88. The van der Waals surface area contributed by atoms with Crippen LogP contribution < -0.4 is 10.5 Å². The lowest BCUT2D eigenvalue weighted by atomic mass is 9.86. The highest BCUT2D eigenvalue weighted by Crippen LogP contribution is 2.29. The van der Waals surface area contributed by atoms with Crippen LogP contribution in [0, 0.1) is 5.92 Å². The van der Waals surface area contributed by atoms with Gasteiger partial charge in [0.05, 0.1) is 19.3 Å². The lowest BCUT2D eigenvalue weighted by Gasteiger charge is -2.25. The van der Waals surface area contributed by atoms with Gasteiger partial charge in [0.2, 0.25) is 0 Å². The van der Waals surface area contributed by atoms with E-state index >= 15 is 0 Å². The first kappa shape index (κ1) is 12.9. The molecule has 0 saturated heterocycles. The lowest BCUT2D eigenvalue weighted by Crippen LogP contribution is -2.19. The zero-order valence-corrected chi connectivity index (χ0v) is 11.3. The molecule has 1 aliphatic carbocycles. The van der Waals surface area contributed by atoms with E-state index in [1.165, 1.54) is 19.3 Å². The van der Waals surface area contributed by atoms with E-state index in [2.05, 4.69) is 15.9 Å². The third-order valence-corrected chi connectivity index (χ3v) is 3.69. The Hall–Kier alpha value is -0.580. The molecule has 0 aliphatic heterocycles. The predicted octanol–water partition coefficient (Wildman–Crippen LogP) is 2.62. The van der Waals surface area contributed by atoms with Gasteiger partial charge in [-0.3, -0.25) is 0 Å². The average molecular weight is 300 g/mol. The molecule has 1 atom stereocenters. The molecule has 0 bridgehead atoms. The van der Waals surface area contributed by atoms with Crippen molar-refractivity contribution in [2.45, 2.75) is 25.3 Å². The summed E-state index contributed by atoms with van der Waals surface area (Å²) in [4.78, 5) is 0. The molecular weight excluding hydrogens is 282 g/mol. The first-order valence-electron chi connectivity index (χ1n) is 5.99. The summed E-state index contributed by atoms with van der Waals surface area (Å²) in [7, 11) is 0. The second-order valence-electron chi connectivity index (χ2n) is 4.62. The number of ether oxygens (including phenoxy) is 1. The molecule has 3 nitrogen and oxygen atoms in total. The zero-order chi connectivity index (χ0) is 12.3. The first-order chi connectivity index (χ1) is 8.19. The van der Waals surface area contributed by atoms with Crippen molar-refractivity contribution < 1.29 is 9.84 Å².